The molecule has 2 aromatic carbocycles. The van der Waals surface area contributed by atoms with Crippen molar-refractivity contribution in [3.8, 4) is 11.5 Å². The fourth-order valence-electron chi connectivity index (χ4n) is 2.39. The topological polar surface area (TPSA) is 93.7 Å². The molecule has 2 rings (SSSR count). The Morgan fingerprint density at radius 1 is 1.04 bits per heavy atom. The van der Waals surface area contributed by atoms with Crippen LogP contribution in [0.1, 0.15) is 35.9 Å². The molecule has 27 heavy (non-hydrogen) atoms. The van der Waals surface area contributed by atoms with Crippen LogP contribution in [-0.2, 0) is 4.79 Å². The van der Waals surface area contributed by atoms with Crippen molar-refractivity contribution in [3.05, 3.63) is 59.7 Å². The van der Waals surface area contributed by atoms with E-state index in [0.29, 0.717) is 23.4 Å². The second-order valence-corrected chi connectivity index (χ2v) is 5.68. The first-order valence-corrected chi connectivity index (χ1v) is 8.45. The standard InChI is InChI=1S/C20H22N2O5/c1-4-21-20(25)22-19(24)18(14-8-6-5-7-9-14)27-16-11-10-15(13(2)23)12-17(16)26-3/h5-12,18H,4H2,1-3H3,(H2,21,22,24,25)/t18-/m0/s1. The van der Waals surface area contributed by atoms with Gasteiger partial charge in [0, 0.05) is 17.7 Å². The molecule has 0 fully saturated rings. The summed E-state index contributed by atoms with van der Waals surface area (Å²) >= 11 is 0. The molecule has 0 aliphatic heterocycles. The normalized spacial score (nSPS) is 11.2. The fourth-order valence-corrected chi connectivity index (χ4v) is 2.39. The van der Waals surface area contributed by atoms with Gasteiger partial charge in [-0.3, -0.25) is 14.9 Å². The van der Waals surface area contributed by atoms with E-state index in [9.17, 15) is 14.4 Å². The van der Waals surface area contributed by atoms with Crippen molar-refractivity contribution in [2.24, 2.45) is 0 Å². The number of methoxy groups -OCH3 is 1. The van der Waals surface area contributed by atoms with Crippen LogP contribution in [0.4, 0.5) is 4.79 Å². The average molecular weight is 370 g/mol. The third-order valence-electron chi connectivity index (χ3n) is 3.73. The van der Waals surface area contributed by atoms with Gasteiger partial charge in [0.2, 0.25) is 6.10 Å². The summed E-state index contributed by atoms with van der Waals surface area (Å²) in [5.74, 6) is -0.143. The van der Waals surface area contributed by atoms with Gasteiger partial charge in [0.15, 0.2) is 17.3 Å². The number of urea groups is 1. The van der Waals surface area contributed by atoms with Gasteiger partial charge in [0.1, 0.15) is 0 Å². The fraction of sp³-hybridized carbons (Fsp3) is 0.250. The third-order valence-corrected chi connectivity index (χ3v) is 3.73. The van der Waals surface area contributed by atoms with Crippen LogP contribution in [0, 0.1) is 0 Å². The van der Waals surface area contributed by atoms with Gasteiger partial charge in [0.25, 0.3) is 5.91 Å². The summed E-state index contributed by atoms with van der Waals surface area (Å²) in [7, 11) is 1.44. The van der Waals surface area contributed by atoms with Crippen LogP contribution in [-0.4, -0.2) is 31.4 Å². The number of Topliss-reactive ketones (excluding diaryl/α,β-unsaturated/α-hetero) is 1. The molecule has 0 saturated heterocycles. The van der Waals surface area contributed by atoms with E-state index in [-0.39, 0.29) is 11.5 Å². The molecule has 0 aromatic heterocycles. The van der Waals surface area contributed by atoms with Crippen molar-refractivity contribution >= 4 is 17.7 Å². The first-order valence-electron chi connectivity index (χ1n) is 8.45. The van der Waals surface area contributed by atoms with Gasteiger partial charge in [-0.1, -0.05) is 30.3 Å². The molecule has 0 aliphatic rings. The highest BCUT2D eigenvalue weighted by Crippen LogP contribution is 2.32. The lowest BCUT2D eigenvalue weighted by atomic mass is 10.1. The largest absolute Gasteiger partial charge is 0.493 e. The van der Waals surface area contributed by atoms with Gasteiger partial charge in [-0.15, -0.1) is 0 Å². The number of carbonyl (C=O) groups excluding carboxylic acids is 3. The predicted octanol–water partition coefficient (Wildman–Crippen LogP) is 2.86. The highest BCUT2D eigenvalue weighted by atomic mass is 16.5. The van der Waals surface area contributed by atoms with Gasteiger partial charge in [-0.25, -0.2) is 4.79 Å². The van der Waals surface area contributed by atoms with Gasteiger partial charge in [0.05, 0.1) is 7.11 Å². The zero-order chi connectivity index (χ0) is 19.8. The van der Waals surface area contributed by atoms with E-state index in [4.69, 9.17) is 9.47 Å². The summed E-state index contributed by atoms with van der Waals surface area (Å²) in [5.41, 5.74) is 1.03. The maximum atomic E-state index is 12.6. The van der Waals surface area contributed by atoms with E-state index in [2.05, 4.69) is 10.6 Å². The molecule has 0 aliphatic carbocycles. The minimum atomic E-state index is -1.08. The van der Waals surface area contributed by atoms with Crippen molar-refractivity contribution in [3.63, 3.8) is 0 Å². The first kappa shape index (κ1) is 20.0. The minimum absolute atomic E-state index is 0.117. The van der Waals surface area contributed by atoms with E-state index < -0.39 is 18.0 Å². The number of amides is 3. The summed E-state index contributed by atoms with van der Waals surface area (Å²) in [6, 6.07) is 12.9. The molecule has 0 saturated carbocycles. The second kappa shape index (κ2) is 9.38. The number of hydrogen-bond acceptors (Lipinski definition) is 5. The van der Waals surface area contributed by atoms with E-state index >= 15 is 0 Å². The van der Waals surface area contributed by atoms with Crippen molar-refractivity contribution in [2.75, 3.05) is 13.7 Å². The Hall–Kier alpha value is -3.35. The molecule has 1 atom stereocenters. The molecule has 142 valence electrons. The summed E-state index contributed by atoms with van der Waals surface area (Å²) in [6.07, 6.45) is -1.08. The highest BCUT2D eigenvalue weighted by molar-refractivity contribution is 5.97. The van der Waals surface area contributed by atoms with Gasteiger partial charge in [-0.2, -0.15) is 0 Å². The molecule has 0 bridgehead atoms. The quantitative estimate of drug-likeness (QED) is 0.731. The minimum Gasteiger partial charge on any atom is -0.493 e. The monoisotopic (exact) mass is 370 g/mol. The SMILES string of the molecule is CCNC(=O)NC(=O)[C@@H](Oc1ccc(C(C)=O)cc1OC)c1ccccc1. The Morgan fingerprint density at radius 2 is 1.74 bits per heavy atom. The summed E-state index contributed by atoms with van der Waals surface area (Å²) in [4.78, 5) is 35.9. The smallest absolute Gasteiger partial charge is 0.321 e. The lowest BCUT2D eigenvalue weighted by Gasteiger charge is -2.20. The highest BCUT2D eigenvalue weighted by Gasteiger charge is 2.25. The Balaban J connectivity index is 2.33. The molecule has 7 heteroatoms. The zero-order valence-corrected chi connectivity index (χ0v) is 15.4. The van der Waals surface area contributed by atoms with Crippen LogP contribution < -0.4 is 20.1 Å². The van der Waals surface area contributed by atoms with Crippen molar-refractivity contribution in [2.45, 2.75) is 20.0 Å². The molecule has 2 N–H and O–H groups in total. The number of carbonyl (C=O) groups is 3. The van der Waals surface area contributed by atoms with Crippen LogP contribution in [0.5, 0.6) is 11.5 Å². The molecular weight excluding hydrogens is 348 g/mol. The van der Waals surface area contributed by atoms with Crippen molar-refractivity contribution in [1.82, 2.24) is 10.6 Å². The summed E-state index contributed by atoms with van der Waals surface area (Å²) in [6.45, 7) is 3.58. The Bertz CT molecular complexity index is 820. The number of hydrogen-bond donors (Lipinski definition) is 2. The van der Waals surface area contributed by atoms with E-state index in [1.165, 1.54) is 14.0 Å². The number of ketones is 1. The lowest BCUT2D eigenvalue weighted by Crippen LogP contribution is -2.42. The maximum Gasteiger partial charge on any atom is 0.321 e. The van der Waals surface area contributed by atoms with E-state index in [1.54, 1.807) is 49.4 Å². The Kier molecular flexibility index (Phi) is 6.93. The number of ether oxygens (including phenoxy) is 2. The molecule has 2 aromatic rings. The molecule has 7 nitrogen and oxygen atoms in total. The van der Waals surface area contributed by atoms with Crippen molar-refractivity contribution < 1.29 is 23.9 Å². The molecule has 3 amide bonds. The lowest BCUT2D eigenvalue weighted by molar-refractivity contribution is -0.127. The van der Waals surface area contributed by atoms with E-state index in [1.807, 2.05) is 6.07 Å². The zero-order valence-electron chi connectivity index (χ0n) is 15.4. The van der Waals surface area contributed by atoms with Gasteiger partial charge >= 0.3 is 6.03 Å². The van der Waals surface area contributed by atoms with E-state index in [0.717, 1.165) is 0 Å². The predicted molar refractivity (Wildman–Crippen MR) is 100 cm³/mol. The van der Waals surface area contributed by atoms with Crippen LogP contribution in [0.2, 0.25) is 0 Å². The summed E-state index contributed by atoms with van der Waals surface area (Å²) in [5, 5.41) is 4.76. The van der Waals surface area contributed by atoms with Crippen LogP contribution in [0.3, 0.4) is 0 Å². The van der Waals surface area contributed by atoms with Crippen LogP contribution >= 0.6 is 0 Å². The Morgan fingerprint density at radius 3 is 2.33 bits per heavy atom. The molecule has 0 heterocycles. The second-order valence-electron chi connectivity index (χ2n) is 5.68. The maximum absolute atomic E-state index is 12.6. The van der Waals surface area contributed by atoms with Gasteiger partial charge in [-0.05, 0) is 32.0 Å². The number of benzene rings is 2. The number of rotatable bonds is 7. The van der Waals surface area contributed by atoms with Crippen molar-refractivity contribution in [1.29, 1.82) is 0 Å². The first-order chi connectivity index (χ1) is 13.0. The number of imide groups is 1. The average Bonchev–Trinajstić information content (AvgIpc) is 2.66. The molecule has 0 unspecified atom stereocenters. The van der Waals surface area contributed by atoms with Crippen LogP contribution in [0.15, 0.2) is 48.5 Å². The third kappa shape index (κ3) is 5.31. The van der Waals surface area contributed by atoms with Crippen LogP contribution in [0.25, 0.3) is 0 Å². The summed E-state index contributed by atoms with van der Waals surface area (Å²) < 4.78 is 11.2. The molecule has 0 spiro atoms. The Labute approximate surface area is 157 Å². The molecule has 0 radical (unpaired) electrons. The van der Waals surface area contributed by atoms with Gasteiger partial charge < -0.3 is 14.8 Å². The number of nitrogens with one attached hydrogen (secondary N) is 2. The molecular formula is C20H22N2O5.